The summed E-state index contributed by atoms with van der Waals surface area (Å²) in [5.74, 6) is 0.788. The molecule has 9 nitrogen and oxygen atoms in total. The fourth-order valence-corrected chi connectivity index (χ4v) is 4.68. The number of nitrogens with one attached hydrogen (secondary N) is 2. The maximum absolute atomic E-state index is 13.1. The number of carbonyl (C=O) groups excluding carboxylic acids is 2. The number of guanidine groups is 1. The highest BCUT2D eigenvalue weighted by Crippen LogP contribution is 2.27. The summed E-state index contributed by atoms with van der Waals surface area (Å²) < 4.78 is 5.19. The molecule has 2 aromatic carbocycles. The maximum Gasteiger partial charge on any atom is 0.242 e. The van der Waals surface area contributed by atoms with Crippen LogP contribution in [0.15, 0.2) is 53.5 Å². The lowest BCUT2D eigenvalue weighted by molar-refractivity contribution is -0.130. The van der Waals surface area contributed by atoms with E-state index >= 15 is 0 Å². The molecular formula is C28H40N6O3. The van der Waals surface area contributed by atoms with E-state index in [1.807, 2.05) is 36.4 Å². The van der Waals surface area contributed by atoms with Crippen LogP contribution in [0.3, 0.4) is 0 Å². The Kier molecular flexibility index (Phi) is 10.8. The highest BCUT2D eigenvalue weighted by Gasteiger charge is 2.25. The van der Waals surface area contributed by atoms with Gasteiger partial charge in [-0.3, -0.25) is 9.59 Å². The first-order valence-electron chi connectivity index (χ1n) is 13.0. The molecule has 1 aliphatic rings. The summed E-state index contributed by atoms with van der Waals surface area (Å²) in [6.45, 7) is 0.368. The first-order valence-corrected chi connectivity index (χ1v) is 13.0. The average molecular weight is 509 g/mol. The van der Waals surface area contributed by atoms with Crippen molar-refractivity contribution in [1.82, 2.24) is 10.6 Å². The smallest absolute Gasteiger partial charge is 0.242 e. The number of rotatable bonds is 12. The lowest BCUT2D eigenvalue weighted by Crippen LogP contribution is -2.52. The van der Waals surface area contributed by atoms with E-state index in [-0.39, 0.29) is 17.8 Å². The number of nitrogens with two attached hydrogens (primary N) is 3. The zero-order chi connectivity index (χ0) is 26.6. The number of nitrogens with zero attached hydrogens (tertiary/aromatic N) is 1. The molecule has 0 bridgehead atoms. The van der Waals surface area contributed by atoms with Crippen LogP contribution in [0.4, 0.5) is 5.69 Å². The molecule has 37 heavy (non-hydrogen) atoms. The van der Waals surface area contributed by atoms with Crippen LogP contribution < -0.4 is 32.6 Å². The molecule has 2 atom stereocenters. The van der Waals surface area contributed by atoms with Crippen LogP contribution in [0.1, 0.15) is 56.1 Å². The minimum absolute atomic E-state index is 0.0200. The fourth-order valence-electron chi connectivity index (χ4n) is 4.68. The van der Waals surface area contributed by atoms with E-state index in [4.69, 9.17) is 21.9 Å². The molecule has 200 valence electrons. The van der Waals surface area contributed by atoms with Gasteiger partial charge in [0.15, 0.2) is 5.96 Å². The van der Waals surface area contributed by atoms with E-state index < -0.39 is 12.1 Å². The topological polar surface area (TPSA) is 158 Å². The first kappa shape index (κ1) is 28.0. The van der Waals surface area contributed by atoms with E-state index in [0.29, 0.717) is 31.0 Å². The van der Waals surface area contributed by atoms with Gasteiger partial charge in [-0.15, -0.1) is 0 Å². The van der Waals surface area contributed by atoms with Crippen LogP contribution in [-0.2, 0) is 22.6 Å². The molecule has 0 saturated heterocycles. The lowest BCUT2D eigenvalue weighted by atomic mass is 9.85. The molecule has 0 unspecified atom stereocenters. The van der Waals surface area contributed by atoms with Crippen molar-refractivity contribution in [2.24, 2.45) is 28.1 Å². The number of aliphatic imine (C=N–C) groups is 1. The van der Waals surface area contributed by atoms with Crippen LogP contribution in [-0.4, -0.2) is 37.0 Å². The van der Waals surface area contributed by atoms with Gasteiger partial charge in [0, 0.05) is 6.54 Å². The van der Waals surface area contributed by atoms with E-state index in [2.05, 4.69) is 15.6 Å². The van der Waals surface area contributed by atoms with Crippen molar-refractivity contribution < 1.29 is 14.3 Å². The lowest BCUT2D eigenvalue weighted by Gasteiger charge is -2.25. The van der Waals surface area contributed by atoms with Gasteiger partial charge in [-0.05, 0) is 60.6 Å². The quantitative estimate of drug-likeness (QED) is 0.219. The molecule has 0 aromatic heterocycles. The minimum atomic E-state index is -0.791. The van der Waals surface area contributed by atoms with E-state index in [1.54, 1.807) is 19.2 Å². The molecule has 0 radical (unpaired) electrons. The summed E-state index contributed by atoms with van der Waals surface area (Å²) in [4.78, 5) is 30.1. The Labute approximate surface area is 219 Å². The number of hydrogen-bond acceptors (Lipinski definition) is 5. The summed E-state index contributed by atoms with van der Waals surface area (Å²) in [6, 6.07) is 13.3. The predicted molar refractivity (Wildman–Crippen MR) is 146 cm³/mol. The SMILES string of the molecule is COc1ccc(CNC(=O)[C@H](CCC2CCCCC2)NC(=O)[C@@H](N)Cc2ccc(N=C(N)N)cc2)cc1. The normalized spacial score (nSPS) is 15.3. The second-order valence-corrected chi connectivity index (χ2v) is 9.72. The van der Waals surface area contributed by atoms with Gasteiger partial charge < -0.3 is 32.6 Å². The Morgan fingerprint density at radius 2 is 1.62 bits per heavy atom. The molecule has 1 fully saturated rings. The largest absolute Gasteiger partial charge is 0.497 e. The minimum Gasteiger partial charge on any atom is -0.497 e. The van der Waals surface area contributed by atoms with Crippen molar-refractivity contribution in [1.29, 1.82) is 0 Å². The molecule has 9 heteroatoms. The van der Waals surface area contributed by atoms with E-state index in [1.165, 1.54) is 32.1 Å². The van der Waals surface area contributed by atoms with Gasteiger partial charge in [-0.2, -0.15) is 0 Å². The molecule has 1 saturated carbocycles. The van der Waals surface area contributed by atoms with Crippen molar-refractivity contribution in [3.05, 3.63) is 59.7 Å². The number of methoxy groups -OCH3 is 1. The number of ether oxygens (including phenoxy) is 1. The zero-order valence-corrected chi connectivity index (χ0v) is 21.6. The summed E-state index contributed by atoms with van der Waals surface area (Å²) in [5, 5.41) is 5.89. The van der Waals surface area contributed by atoms with Gasteiger partial charge in [0.05, 0.1) is 18.8 Å². The predicted octanol–water partition coefficient (Wildman–Crippen LogP) is 2.63. The van der Waals surface area contributed by atoms with Crippen LogP contribution >= 0.6 is 0 Å². The van der Waals surface area contributed by atoms with Gasteiger partial charge in [0.2, 0.25) is 11.8 Å². The fraction of sp³-hybridized carbons (Fsp3) is 0.464. The van der Waals surface area contributed by atoms with E-state index in [9.17, 15) is 9.59 Å². The van der Waals surface area contributed by atoms with Gasteiger partial charge in [0.25, 0.3) is 0 Å². The van der Waals surface area contributed by atoms with Crippen molar-refractivity contribution in [2.75, 3.05) is 7.11 Å². The summed E-state index contributed by atoms with van der Waals surface area (Å²) in [5.41, 5.74) is 19.5. The standard InChI is InChI=1S/C28H40N6O3/c1-37-23-14-9-21(10-15-23)18-32-27(36)25(16-11-19-5-3-2-4-6-19)34-26(35)24(29)17-20-7-12-22(13-8-20)33-28(30)31/h7-10,12-15,19,24-25H,2-6,11,16-18,29H2,1H3,(H,32,36)(H,34,35)(H4,30,31,33)/t24-,25-/m0/s1. The molecule has 0 aliphatic heterocycles. The molecule has 2 aromatic rings. The van der Waals surface area contributed by atoms with Gasteiger partial charge in [-0.25, -0.2) is 4.99 Å². The molecule has 2 amide bonds. The molecular weight excluding hydrogens is 468 g/mol. The zero-order valence-electron chi connectivity index (χ0n) is 21.6. The molecule has 8 N–H and O–H groups in total. The van der Waals surface area contributed by atoms with Crippen molar-refractivity contribution in [2.45, 2.75) is 70.0 Å². The summed E-state index contributed by atoms with van der Waals surface area (Å²) >= 11 is 0. The number of carbonyl (C=O) groups is 2. The Bertz CT molecular complexity index is 1030. The van der Waals surface area contributed by atoms with Crippen molar-refractivity contribution >= 4 is 23.5 Å². The summed E-state index contributed by atoms with van der Waals surface area (Å²) in [7, 11) is 1.61. The van der Waals surface area contributed by atoms with Gasteiger partial charge in [-0.1, -0.05) is 56.4 Å². The van der Waals surface area contributed by atoms with Crippen molar-refractivity contribution in [3.8, 4) is 5.75 Å². The Balaban J connectivity index is 1.59. The van der Waals surface area contributed by atoms with Gasteiger partial charge >= 0.3 is 0 Å². The highest BCUT2D eigenvalue weighted by molar-refractivity contribution is 5.89. The number of benzene rings is 2. The van der Waals surface area contributed by atoms with Crippen LogP contribution in [0, 0.1) is 5.92 Å². The third-order valence-electron chi connectivity index (χ3n) is 6.83. The highest BCUT2D eigenvalue weighted by atomic mass is 16.5. The Morgan fingerprint density at radius 3 is 2.24 bits per heavy atom. The first-order chi connectivity index (χ1) is 17.8. The number of amides is 2. The van der Waals surface area contributed by atoms with Crippen LogP contribution in [0.2, 0.25) is 0 Å². The maximum atomic E-state index is 13.1. The second kappa shape index (κ2) is 14.2. The molecule has 0 heterocycles. The molecule has 1 aliphatic carbocycles. The van der Waals surface area contributed by atoms with Crippen molar-refractivity contribution in [3.63, 3.8) is 0 Å². The van der Waals surface area contributed by atoms with Crippen LogP contribution in [0.5, 0.6) is 5.75 Å². The summed E-state index contributed by atoms with van der Waals surface area (Å²) in [6.07, 6.45) is 7.94. The second-order valence-electron chi connectivity index (χ2n) is 9.72. The Morgan fingerprint density at radius 1 is 0.973 bits per heavy atom. The molecule has 0 spiro atoms. The number of hydrogen-bond donors (Lipinski definition) is 5. The van der Waals surface area contributed by atoms with Crippen LogP contribution in [0.25, 0.3) is 0 Å². The average Bonchev–Trinajstić information content (AvgIpc) is 2.91. The third-order valence-corrected chi connectivity index (χ3v) is 6.83. The van der Waals surface area contributed by atoms with Gasteiger partial charge in [0.1, 0.15) is 11.8 Å². The molecule has 3 rings (SSSR count). The van der Waals surface area contributed by atoms with E-state index in [0.717, 1.165) is 23.3 Å². The third kappa shape index (κ3) is 9.42. The Hall–Kier alpha value is -3.59. The monoisotopic (exact) mass is 508 g/mol.